The molecule has 0 aromatic rings. The molecule has 0 N–H and O–H groups in total. The van der Waals surface area contributed by atoms with Gasteiger partial charge in [0, 0.05) is 0 Å². The Morgan fingerprint density at radius 1 is 0.692 bits per heavy atom. The molecular weight excluding hydrogens is 168 g/mol. The maximum absolute atomic E-state index is 8.64. The van der Waals surface area contributed by atoms with Gasteiger partial charge in [0.2, 0.25) is 0 Å². The quantitative estimate of drug-likeness (QED) is 0.514. The number of hydrogen-bond donors (Lipinski definition) is 0. The molecule has 0 aromatic carbocycles. The smallest absolute Gasteiger partial charge is 0.162 e. The lowest BCUT2D eigenvalue weighted by molar-refractivity contribution is 0.0989. The first-order chi connectivity index (χ1) is 6.28. The molecule has 1 aliphatic rings. The van der Waals surface area contributed by atoms with Gasteiger partial charge in [-0.25, -0.2) is 0 Å². The highest BCUT2D eigenvalue weighted by Gasteiger charge is 2.45. The fraction of sp³-hybridized carbons (Fsp3) is 0.500. The summed E-state index contributed by atoms with van der Waals surface area (Å²) in [5.74, 6) is -1.64. The topological polar surface area (TPSA) is 104 Å². The van der Waals surface area contributed by atoms with E-state index in [0.717, 1.165) is 0 Å². The second-order valence-corrected chi connectivity index (χ2v) is 2.55. The number of nitriles is 4. The lowest BCUT2D eigenvalue weighted by Crippen LogP contribution is -2.17. The van der Waals surface area contributed by atoms with E-state index in [-0.39, 0.29) is 0 Å². The van der Waals surface area contributed by atoms with Gasteiger partial charge in [-0.2, -0.15) is 21.0 Å². The second-order valence-electron chi connectivity index (χ2n) is 2.55. The van der Waals surface area contributed by atoms with E-state index < -0.39 is 24.0 Å². The Morgan fingerprint density at radius 3 is 1.31 bits per heavy atom. The Kier molecular flexibility index (Phi) is 2.46. The average Bonchev–Trinajstić information content (AvgIpc) is 2.54. The molecule has 0 amide bonds. The van der Waals surface area contributed by atoms with Gasteiger partial charge in [0.1, 0.15) is 11.8 Å². The van der Waals surface area contributed by atoms with Gasteiger partial charge in [-0.15, -0.1) is 0 Å². The Labute approximate surface area is 75.0 Å². The second kappa shape index (κ2) is 3.55. The first kappa shape index (κ1) is 9.01. The van der Waals surface area contributed by atoms with Crippen LogP contribution in [0.1, 0.15) is 0 Å². The van der Waals surface area contributed by atoms with E-state index in [2.05, 4.69) is 0 Å². The van der Waals surface area contributed by atoms with Crippen molar-refractivity contribution in [2.24, 2.45) is 11.8 Å². The number of ether oxygens (including phenoxy) is 1. The van der Waals surface area contributed by atoms with Gasteiger partial charge >= 0.3 is 0 Å². The van der Waals surface area contributed by atoms with Gasteiger partial charge in [-0.1, -0.05) is 0 Å². The summed E-state index contributed by atoms with van der Waals surface area (Å²) in [4.78, 5) is 0. The van der Waals surface area contributed by atoms with Crippen LogP contribution in [-0.4, -0.2) is 12.2 Å². The lowest BCUT2D eigenvalue weighted by Gasteiger charge is -2.02. The third-order valence-electron chi connectivity index (χ3n) is 1.89. The zero-order chi connectivity index (χ0) is 9.84. The van der Waals surface area contributed by atoms with Gasteiger partial charge in [-0.3, -0.25) is 0 Å². The minimum atomic E-state index is -0.959. The van der Waals surface area contributed by atoms with Crippen LogP contribution in [0.25, 0.3) is 0 Å². The van der Waals surface area contributed by atoms with E-state index in [4.69, 9.17) is 25.8 Å². The largest absolute Gasteiger partial charge is 0.342 e. The molecule has 0 spiro atoms. The van der Waals surface area contributed by atoms with Crippen LogP contribution >= 0.6 is 0 Å². The monoisotopic (exact) mass is 172 g/mol. The Morgan fingerprint density at radius 2 is 1.08 bits per heavy atom. The third kappa shape index (κ3) is 1.30. The van der Waals surface area contributed by atoms with Crippen LogP contribution in [0.4, 0.5) is 0 Å². The molecule has 5 nitrogen and oxygen atoms in total. The molecule has 1 saturated heterocycles. The zero-order valence-corrected chi connectivity index (χ0v) is 6.51. The van der Waals surface area contributed by atoms with Gasteiger partial charge < -0.3 is 4.74 Å². The minimum Gasteiger partial charge on any atom is -0.342 e. The molecule has 4 unspecified atom stereocenters. The van der Waals surface area contributed by atoms with Crippen LogP contribution in [0.15, 0.2) is 0 Å². The lowest BCUT2D eigenvalue weighted by atomic mass is 9.90. The van der Waals surface area contributed by atoms with Gasteiger partial charge in [0.15, 0.2) is 12.2 Å². The summed E-state index contributed by atoms with van der Waals surface area (Å²) in [5.41, 5.74) is 0. The summed E-state index contributed by atoms with van der Waals surface area (Å²) < 4.78 is 4.90. The first-order valence-corrected chi connectivity index (χ1v) is 3.52. The van der Waals surface area contributed by atoms with Crippen molar-refractivity contribution in [2.45, 2.75) is 12.2 Å². The van der Waals surface area contributed by atoms with E-state index in [1.807, 2.05) is 12.1 Å². The number of nitrogens with zero attached hydrogens (tertiary/aromatic N) is 4. The third-order valence-corrected chi connectivity index (χ3v) is 1.89. The molecule has 62 valence electrons. The number of rotatable bonds is 0. The molecule has 0 aromatic heterocycles. The van der Waals surface area contributed by atoms with Crippen LogP contribution in [0, 0.1) is 57.2 Å². The maximum atomic E-state index is 8.64. The van der Waals surface area contributed by atoms with Crippen LogP contribution in [0.3, 0.4) is 0 Å². The molecule has 1 aliphatic heterocycles. The van der Waals surface area contributed by atoms with E-state index in [0.29, 0.717) is 0 Å². The van der Waals surface area contributed by atoms with Crippen molar-refractivity contribution in [3.63, 3.8) is 0 Å². The summed E-state index contributed by atoms with van der Waals surface area (Å²) in [7, 11) is 0. The van der Waals surface area contributed by atoms with Crippen molar-refractivity contribution in [2.75, 3.05) is 0 Å². The molecule has 0 bridgehead atoms. The highest BCUT2D eigenvalue weighted by molar-refractivity contribution is 5.18. The highest BCUT2D eigenvalue weighted by Crippen LogP contribution is 2.31. The summed E-state index contributed by atoms with van der Waals surface area (Å²) in [6.07, 6.45) is -1.92. The van der Waals surface area contributed by atoms with E-state index in [9.17, 15) is 0 Å². The fourth-order valence-electron chi connectivity index (χ4n) is 1.22. The van der Waals surface area contributed by atoms with Crippen LogP contribution in [0.2, 0.25) is 0 Å². The Bertz CT molecular complexity index is 328. The van der Waals surface area contributed by atoms with E-state index in [1.54, 1.807) is 12.1 Å². The molecule has 5 heteroatoms. The SMILES string of the molecule is N#CC1OC(C#N)C(C#N)C1C#N. The summed E-state index contributed by atoms with van der Waals surface area (Å²) in [6, 6.07) is 7.11. The number of hydrogen-bond acceptors (Lipinski definition) is 5. The van der Waals surface area contributed by atoms with Gasteiger partial charge in [0.25, 0.3) is 0 Å². The van der Waals surface area contributed by atoms with Crippen molar-refractivity contribution in [3.8, 4) is 24.3 Å². The average molecular weight is 172 g/mol. The van der Waals surface area contributed by atoms with Crippen molar-refractivity contribution >= 4 is 0 Å². The summed E-state index contributed by atoms with van der Waals surface area (Å²) >= 11 is 0. The molecule has 4 atom stereocenters. The summed E-state index contributed by atoms with van der Waals surface area (Å²) in [6.45, 7) is 0. The molecule has 1 rings (SSSR count). The molecule has 0 aliphatic carbocycles. The van der Waals surface area contributed by atoms with Crippen molar-refractivity contribution in [1.82, 2.24) is 0 Å². The molecular formula is C8H4N4O. The highest BCUT2D eigenvalue weighted by atomic mass is 16.5. The van der Waals surface area contributed by atoms with E-state index in [1.165, 1.54) is 0 Å². The zero-order valence-electron chi connectivity index (χ0n) is 6.51. The molecule has 1 heterocycles. The van der Waals surface area contributed by atoms with Gasteiger partial charge in [0.05, 0.1) is 24.3 Å². The van der Waals surface area contributed by atoms with E-state index >= 15 is 0 Å². The van der Waals surface area contributed by atoms with Crippen LogP contribution in [0.5, 0.6) is 0 Å². The molecule has 1 fully saturated rings. The normalized spacial score (nSPS) is 36.6. The van der Waals surface area contributed by atoms with Crippen molar-refractivity contribution < 1.29 is 4.74 Å². The Balaban J connectivity index is 2.96. The minimum absolute atomic E-state index is 0.820. The van der Waals surface area contributed by atoms with Crippen LogP contribution < -0.4 is 0 Å². The summed E-state index contributed by atoms with van der Waals surface area (Å²) in [5, 5.41) is 34.4. The first-order valence-electron chi connectivity index (χ1n) is 3.52. The van der Waals surface area contributed by atoms with Crippen molar-refractivity contribution in [1.29, 1.82) is 21.0 Å². The van der Waals surface area contributed by atoms with Crippen molar-refractivity contribution in [3.05, 3.63) is 0 Å². The van der Waals surface area contributed by atoms with Gasteiger partial charge in [-0.05, 0) is 0 Å². The maximum Gasteiger partial charge on any atom is 0.162 e. The Hall–Kier alpha value is -2.08. The predicted octanol–water partition coefficient (Wildman–Crippen LogP) is 0.0805. The molecule has 0 saturated carbocycles. The molecule has 0 radical (unpaired) electrons. The fourth-order valence-corrected chi connectivity index (χ4v) is 1.22. The molecule has 13 heavy (non-hydrogen) atoms. The van der Waals surface area contributed by atoms with Crippen LogP contribution in [-0.2, 0) is 4.74 Å². The predicted molar refractivity (Wildman–Crippen MR) is 38.1 cm³/mol. The standard InChI is InChI=1S/C8H4N4O/c9-1-5-6(2-10)8(4-12)13-7(5)3-11/h5-8H.